The van der Waals surface area contributed by atoms with Gasteiger partial charge in [-0.3, -0.25) is 9.59 Å². The van der Waals surface area contributed by atoms with Crippen LogP contribution in [0.25, 0.3) is 5.57 Å². The summed E-state index contributed by atoms with van der Waals surface area (Å²) in [6, 6.07) is 6.94. The molecule has 24 heavy (non-hydrogen) atoms. The van der Waals surface area contributed by atoms with Gasteiger partial charge in [-0.15, -0.1) is 0 Å². The maximum atomic E-state index is 12.8. The molecule has 0 radical (unpaired) electrons. The normalized spacial score (nSPS) is 18.2. The maximum absolute atomic E-state index is 12.8. The van der Waals surface area contributed by atoms with Gasteiger partial charge in [0.15, 0.2) is 11.6 Å². The summed E-state index contributed by atoms with van der Waals surface area (Å²) in [6.45, 7) is 7.02. The van der Waals surface area contributed by atoms with E-state index in [1.807, 2.05) is 6.92 Å². The summed E-state index contributed by atoms with van der Waals surface area (Å²) in [5.41, 5.74) is 1.73. The van der Waals surface area contributed by atoms with Crippen LogP contribution in [-0.2, 0) is 9.59 Å². The molecule has 0 fully saturated rings. The van der Waals surface area contributed by atoms with Gasteiger partial charge in [0.25, 0.3) is 0 Å². The van der Waals surface area contributed by atoms with Crippen LogP contribution in [0.15, 0.2) is 41.0 Å². The van der Waals surface area contributed by atoms with Crippen molar-refractivity contribution >= 4 is 28.7 Å². The first-order chi connectivity index (χ1) is 11.2. The van der Waals surface area contributed by atoms with Crippen LogP contribution in [0.3, 0.4) is 0 Å². The van der Waals surface area contributed by atoms with Crippen molar-refractivity contribution in [3.8, 4) is 0 Å². The first kappa shape index (κ1) is 18.6. The van der Waals surface area contributed by atoms with E-state index in [-0.39, 0.29) is 11.6 Å². The van der Waals surface area contributed by atoms with Crippen LogP contribution in [0.1, 0.15) is 52.5 Å². The van der Waals surface area contributed by atoms with E-state index in [0.29, 0.717) is 52.1 Å². The first-order valence-electron chi connectivity index (χ1n) is 8.16. The van der Waals surface area contributed by atoms with Crippen molar-refractivity contribution in [2.75, 3.05) is 0 Å². The zero-order valence-electron chi connectivity index (χ0n) is 14.6. The third kappa shape index (κ3) is 3.68. The van der Waals surface area contributed by atoms with Crippen LogP contribution in [0.2, 0.25) is 5.02 Å². The molecule has 128 valence electrons. The lowest BCUT2D eigenvalue weighted by Crippen LogP contribution is -2.26. The summed E-state index contributed by atoms with van der Waals surface area (Å²) in [6.07, 6.45) is 1.39. The molecule has 1 aromatic carbocycles. The van der Waals surface area contributed by atoms with E-state index >= 15 is 0 Å². The minimum atomic E-state index is -0.856. The molecule has 1 N–H and O–H groups in total. The SMILES string of the molecule is CCC(C)(O)CCC1=C(c2ccc(Cl)cc2)C(=O)C(C)=C(C)C1=O. The molecular weight excluding hydrogens is 324 g/mol. The van der Waals surface area contributed by atoms with Gasteiger partial charge in [0.1, 0.15) is 0 Å². The number of hydrogen-bond donors (Lipinski definition) is 1. The van der Waals surface area contributed by atoms with Crippen LogP contribution in [0, 0.1) is 0 Å². The number of rotatable bonds is 5. The predicted octanol–water partition coefficient (Wildman–Crippen LogP) is 4.52. The van der Waals surface area contributed by atoms with Crippen LogP contribution >= 0.6 is 11.6 Å². The van der Waals surface area contributed by atoms with Gasteiger partial charge in [0, 0.05) is 27.3 Å². The van der Waals surface area contributed by atoms with Crippen molar-refractivity contribution in [2.45, 2.75) is 52.6 Å². The summed E-state index contributed by atoms with van der Waals surface area (Å²) in [7, 11) is 0. The monoisotopic (exact) mass is 346 g/mol. The molecule has 1 aliphatic carbocycles. The van der Waals surface area contributed by atoms with Crippen molar-refractivity contribution in [3.05, 3.63) is 51.6 Å². The minimum Gasteiger partial charge on any atom is -0.390 e. The van der Waals surface area contributed by atoms with Crippen LogP contribution in [-0.4, -0.2) is 22.3 Å². The second kappa shape index (κ2) is 7.04. The Morgan fingerprint density at radius 1 is 1.04 bits per heavy atom. The minimum absolute atomic E-state index is 0.107. The number of hydrogen-bond acceptors (Lipinski definition) is 3. The summed E-state index contributed by atoms with van der Waals surface area (Å²) in [5.74, 6) is -0.232. The second-order valence-corrected chi connectivity index (χ2v) is 7.06. The Morgan fingerprint density at radius 3 is 2.12 bits per heavy atom. The largest absolute Gasteiger partial charge is 0.390 e. The van der Waals surface area contributed by atoms with Crippen molar-refractivity contribution in [1.82, 2.24) is 0 Å². The highest BCUT2D eigenvalue weighted by Crippen LogP contribution is 2.35. The van der Waals surface area contributed by atoms with E-state index in [9.17, 15) is 14.7 Å². The number of allylic oxidation sites excluding steroid dienone is 4. The number of halogens is 1. The van der Waals surface area contributed by atoms with E-state index in [1.54, 1.807) is 45.0 Å². The molecule has 1 aliphatic rings. The average Bonchev–Trinajstić information content (AvgIpc) is 2.56. The van der Waals surface area contributed by atoms with Gasteiger partial charge < -0.3 is 5.11 Å². The smallest absolute Gasteiger partial charge is 0.190 e. The van der Waals surface area contributed by atoms with Gasteiger partial charge in [-0.05, 0) is 57.7 Å². The lowest BCUT2D eigenvalue weighted by molar-refractivity contribution is -0.115. The zero-order valence-corrected chi connectivity index (χ0v) is 15.3. The number of aliphatic hydroxyl groups is 1. The van der Waals surface area contributed by atoms with E-state index in [4.69, 9.17) is 11.6 Å². The van der Waals surface area contributed by atoms with E-state index in [1.165, 1.54) is 0 Å². The fourth-order valence-corrected chi connectivity index (χ4v) is 2.86. The molecule has 0 saturated carbocycles. The van der Waals surface area contributed by atoms with Crippen LogP contribution in [0.4, 0.5) is 0 Å². The Kier molecular flexibility index (Phi) is 5.46. The molecule has 0 heterocycles. The zero-order chi connectivity index (χ0) is 18.1. The maximum Gasteiger partial charge on any atom is 0.190 e. The Bertz CT molecular complexity index is 737. The molecule has 0 spiro atoms. The Balaban J connectivity index is 2.52. The molecule has 2 rings (SSSR count). The highest BCUT2D eigenvalue weighted by Gasteiger charge is 2.32. The molecule has 0 bridgehead atoms. The van der Waals surface area contributed by atoms with Gasteiger partial charge in [-0.2, -0.15) is 0 Å². The third-order valence-electron chi connectivity index (χ3n) is 4.85. The molecule has 0 saturated heterocycles. The molecule has 0 aliphatic heterocycles. The van der Waals surface area contributed by atoms with Crippen molar-refractivity contribution in [2.24, 2.45) is 0 Å². The number of carbonyl (C=O) groups is 2. The number of Topliss-reactive ketones (excluding diaryl/α,β-unsaturated/α-hetero) is 2. The molecular formula is C20H23ClO3. The van der Waals surface area contributed by atoms with E-state index in [2.05, 4.69) is 0 Å². The quantitative estimate of drug-likeness (QED) is 0.797. The fourth-order valence-electron chi connectivity index (χ4n) is 2.74. The molecule has 0 aromatic heterocycles. The number of carbonyl (C=O) groups excluding carboxylic acids is 2. The van der Waals surface area contributed by atoms with Crippen LogP contribution in [0.5, 0.6) is 0 Å². The van der Waals surface area contributed by atoms with Gasteiger partial charge in [0.05, 0.1) is 5.60 Å². The summed E-state index contributed by atoms with van der Waals surface area (Å²) >= 11 is 5.93. The summed E-state index contributed by atoms with van der Waals surface area (Å²) in [4.78, 5) is 25.6. The van der Waals surface area contributed by atoms with Crippen molar-refractivity contribution in [3.63, 3.8) is 0 Å². The van der Waals surface area contributed by atoms with Crippen molar-refractivity contribution in [1.29, 1.82) is 0 Å². The first-order valence-corrected chi connectivity index (χ1v) is 8.54. The average molecular weight is 347 g/mol. The summed E-state index contributed by atoms with van der Waals surface area (Å²) in [5, 5.41) is 10.8. The molecule has 4 heteroatoms. The molecule has 1 atom stereocenters. The molecule has 1 unspecified atom stereocenters. The fraction of sp³-hybridized carbons (Fsp3) is 0.400. The highest BCUT2D eigenvalue weighted by molar-refractivity contribution is 6.39. The highest BCUT2D eigenvalue weighted by atomic mass is 35.5. The van der Waals surface area contributed by atoms with Gasteiger partial charge >= 0.3 is 0 Å². The third-order valence-corrected chi connectivity index (χ3v) is 5.11. The van der Waals surface area contributed by atoms with Gasteiger partial charge in [-0.1, -0.05) is 30.7 Å². The molecule has 3 nitrogen and oxygen atoms in total. The molecule has 1 aromatic rings. The van der Waals surface area contributed by atoms with Gasteiger partial charge in [-0.25, -0.2) is 0 Å². The van der Waals surface area contributed by atoms with E-state index in [0.717, 1.165) is 0 Å². The molecule has 0 amide bonds. The number of benzene rings is 1. The summed E-state index contributed by atoms with van der Waals surface area (Å²) < 4.78 is 0. The van der Waals surface area contributed by atoms with Crippen LogP contribution < -0.4 is 0 Å². The Morgan fingerprint density at radius 2 is 1.58 bits per heavy atom. The van der Waals surface area contributed by atoms with Gasteiger partial charge in [0.2, 0.25) is 0 Å². The second-order valence-electron chi connectivity index (χ2n) is 6.62. The van der Waals surface area contributed by atoms with Crippen molar-refractivity contribution < 1.29 is 14.7 Å². The lowest BCUT2D eigenvalue weighted by atomic mass is 9.79. The topological polar surface area (TPSA) is 54.4 Å². The number of ketones is 2. The Labute approximate surface area is 148 Å². The predicted molar refractivity (Wildman–Crippen MR) is 96.9 cm³/mol. The standard InChI is InChI=1S/C20H23ClO3/c1-5-20(4,24)11-10-16-17(14-6-8-15(21)9-7-14)19(23)13(3)12(2)18(16)22/h6-9,24H,5,10-11H2,1-4H3. The lowest BCUT2D eigenvalue weighted by Gasteiger charge is -2.25. The Hall–Kier alpha value is -1.71. The van der Waals surface area contributed by atoms with E-state index < -0.39 is 5.60 Å².